The predicted octanol–water partition coefficient (Wildman–Crippen LogP) is 12.5. The van der Waals surface area contributed by atoms with E-state index in [0.717, 1.165) is 71.6 Å². The smallest absolute Gasteiger partial charge is 0.338 e. The summed E-state index contributed by atoms with van der Waals surface area (Å²) in [4.78, 5) is 23.5. The van der Waals surface area contributed by atoms with Crippen LogP contribution in [-0.2, 0) is 9.59 Å². The highest BCUT2D eigenvalue weighted by atomic mass is 16.5. The first-order valence-electron chi connectivity index (χ1n) is 20.0. The van der Waals surface area contributed by atoms with Crippen molar-refractivity contribution >= 4 is 11.9 Å². The average molecular weight is 743 g/mol. The molecule has 2 atom stereocenters. The van der Waals surface area contributed by atoms with E-state index in [2.05, 4.69) is 51.3 Å². The summed E-state index contributed by atoms with van der Waals surface area (Å²) in [6.07, 6.45) is 11.3. The van der Waals surface area contributed by atoms with Gasteiger partial charge in [0.05, 0.1) is 13.2 Å². The number of hydrogen-bond acceptors (Lipinski definition) is 6. The average Bonchev–Trinajstić information content (AvgIpc) is 3.20. The van der Waals surface area contributed by atoms with Crippen molar-refractivity contribution in [2.24, 2.45) is 23.7 Å². The molecule has 0 aromatic heterocycles. The lowest BCUT2D eigenvalue weighted by Crippen LogP contribution is -2.19. The van der Waals surface area contributed by atoms with Crippen molar-refractivity contribution in [1.82, 2.24) is 0 Å². The second kappa shape index (κ2) is 20.5. The number of esters is 2. The third kappa shape index (κ3) is 12.7. The van der Waals surface area contributed by atoms with Crippen molar-refractivity contribution in [3.8, 4) is 45.3 Å². The van der Waals surface area contributed by atoms with Crippen LogP contribution in [0.4, 0.5) is 0 Å². The highest BCUT2D eigenvalue weighted by Gasteiger charge is 2.23. The topological polar surface area (TPSA) is 71.1 Å². The summed E-state index contributed by atoms with van der Waals surface area (Å²) in [5.41, 5.74) is 5.03. The summed E-state index contributed by atoms with van der Waals surface area (Å²) in [5, 5.41) is 0. The van der Waals surface area contributed by atoms with Gasteiger partial charge in [-0.05, 0) is 121 Å². The molecule has 5 rings (SSSR count). The van der Waals surface area contributed by atoms with Crippen LogP contribution in [0.2, 0.25) is 0 Å². The van der Waals surface area contributed by atoms with Crippen LogP contribution in [0.25, 0.3) is 22.3 Å². The summed E-state index contributed by atoms with van der Waals surface area (Å²) >= 11 is 0. The predicted molar refractivity (Wildman–Crippen MR) is 223 cm³/mol. The first kappa shape index (κ1) is 41.1. The van der Waals surface area contributed by atoms with E-state index in [1.807, 2.05) is 48.5 Å². The van der Waals surface area contributed by atoms with E-state index in [4.69, 9.17) is 18.9 Å². The minimum atomic E-state index is -0.417. The SMILES string of the molecule is C=C(C)C(=O)Oc1ccc(-c2ccc(OCCC3CCC(CCC(C)C(CC)CCOc4ccc(-c5ccc(OC(=O)C(=C)C)cc5)cc4)CC3)cc2)cc1. The molecule has 6 heteroatoms. The largest absolute Gasteiger partial charge is 0.494 e. The quantitative estimate of drug-likeness (QED) is 0.0541. The molecule has 1 aliphatic carbocycles. The van der Waals surface area contributed by atoms with Crippen LogP contribution in [-0.4, -0.2) is 25.2 Å². The van der Waals surface area contributed by atoms with Crippen LogP contribution in [0.15, 0.2) is 121 Å². The fourth-order valence-corrected chi connectivity index (χ4v) is 7.41. The molecule has 4 aromatic carbocycles. The van der Waals surface area contributed by atoms with Crippen LogP contribution in [0.5, 0.6) is 23.0 Å². The molecule has 0 saturated heterocycles. The molecular weight excluding hydrogens is 685 g/mol. The van der Waals surface area contributed by atoms with Gasteiger partial charge in [0.1, 0.15) is 23.0 Å². The molecule has 290 valence electrons. The molecule has 1 fully saturated rings. The van der Waals surface area contributed by atoms with E-state index in [-0.39, 0.29) is 0 Å². The van der Waals surface area contributed by atoms with Gasteiger partial charge in [0.2, 0.25) is 0 Å². The van der Waals surface area contributed by atoms with Crippen molar-refractivity contribution in [3.05, 3.63) is 121 Å². The van der Waals surface area contributed by atoms with E-state index in [1.54, 1.807) is 38.1 Å². The highest BCUT2D eigenvalue weighted by Crippen LogP contribution is 2.36. The van der Waals surface area contributed by atoms with Gasteiger partial charge in [-0.3, -0.25) is 0 Å². The number of benzene rings is 4. The van der Waals surface area contributed by atoms with Crippen LogP contribution < -0.4 is 18.9 Å². The standard InChI is InChI=1S/C49H58O6/c1-7-39(31-33-53-45-24-16-41(17-25-45)43-20-28-47(29-21-43)55-49(51)35(4)5)36(6)8-9-37-10-12-38(13-11-37)30-32-52-44-22-14-40(15-23-44)42-18-26-46(27-19-42)54-48(50)34(2)3/h14-29,36-39H,2,4,7-13,30-33H2,1,3,5-6H3. The van der Waals surface area contributed by atoms with Gasteiger partial charge in [-0.1, -0.05) is 120 Å². The lowest BCUT2D eigenvalue weighted by atomic mass is 9.76. The maximum absolute atomic E-state index is 11.8. The third-order valence-electron chi connectivity index (χ3n) is 11.1. The Kier molecular flexibility index (Phi) is 15.3. The number of carbonyl (C=O) groups excluding carboxylic acids is 2. The lowest BCUT2D eigenvalue weighted by molar-refractivity contribution is -0.130. The minimum Gasteiger partial charge on any atom is -0.494 e. The van der Waals surface area contributed by atoms with Crippen LogP contribution in [0.1, 0.15) is 85.5 Å². The molecule has 0 spiro atoms. The molecule has 1 saturated carbocycles. The van der Waals surface area contributed by atoms with Gasteiger partial charge in [-0.25, -0.2) is 9.59 Å². The summed E-state index contributed by atoms with van der Waals surface area (Å²) in [6, 6.07) is 31.4. The molecule has 0 amide bonds. The molecule has 55 heavy (non-hydrogen) atoms. The molecule has 1 aliphatic rings. The van der Waals surface area contributed by atoms with Crippen molar-refractivity contribution in [2.45, 2.75) is 85.5 Å². The number of hydrogen-bond donors (Lipinski definition) is 0. The van der Waals surface area contributed by atoms with Gasteiger partial charge in [0.15, 0.2) is 0 Å². The molecule has 2 unspecified atom stereocenters. The van der Waals surface area contributed by atoms with Gasteiger partial charge in [0, 0.05) is 11.1 Å². The molecule has 0 aliphatic heterocycles. The van der Waals surface area contributed by atoms with Crippen molar-refractivity contribution in [3.63, 3.8) is 0 Å². The van der Waals surface area contributed by atoms with E-state index >= 15 is 0 Å². The first-order chi connectivity index (χ1) is 26.6. The summed E-state index contributed by atoms with van der Waals surface area (Å²) in [6.45, 7) is 16.8. The Hall–Kier alpha value is -5.10. The second-order valence-electron chi connectivity index (χ2n) is 15.3. The summed E-state index contributed by atoms with van der Waals surface area (Å²) in [7, 11) is 0. The maximum Gasteiger partial charge on any atom is 0.338 e. The Morgan fingerprint density at radius 2 is 0.927 bits per heavy atom. The fraction of sp³-hybridized carbons (Fsp3) is 0.388. The Bertz CT molecular complexity index is 1830. The van der Waals surface area contributed by atoms with Crippen molar-refractivity contribution in [2.75, 3.05) is 13.2 Å². The van der Waals surface area contributed by atoms with Gasteiger partial charge in [0.25, 0.3) is 0 Å². The molecule has 0 N–H and O–H groups in total. The second-order valence-corrected chi connectivity index (χ2v) is 15.3. The van der Waals surface area contributed by atoms with Crippen LogP contribution >= 0.6 is 0 Å². The number of carbonyl (C=O) groups is 2. The molecule has 0 heterocycles. The van der Waals surface area contributed by atoms with Crippen LogP contribution in [0.3, 0.4) is 0 Å². The van der Waals surface area contributed by atoms with Crippen LogP contribution in [0, 0.1) is 23.7 Å². The van der Waals surface area contributed by atoms with E-state index in [1.165, 1.54) is 44.9 Å². The summed E-state index contributed by atoms with van der Waals surface area (Å²) in [5.74, 6) is 4.92. The fourth-order valence-electron chi connectivity index (χ4n) is 7.41. The highest BCUT2D eigenvalue weighted by molar-refractivity contribution is 5.89. The Labute approximate surface area is 328 Å². The zero-order valence-corrected chi connectivity index (χ0v) is 33.2. The molecule has 0 bridgehead atoms. The Morgan fingerprint density at radius 1 is 0.564 bits per heavy atom. The van der Waals surface area contributed by atoms with E-state index in [0.29, 0.717) is 34.5 Å². The number of rotatable bonds is 19. The molecule has 6 nitrogen and oxygen atoms in total. The summed E-state index contributed by atoms with van der Waals surface area (Å²) < 4.78 is 22.9. The Morgan fingerprint density at radius 3 is 1.31 bits per heavy atom. The monoisotopic (exact) mass is 742 g/mol. The normalized spacial score (nSPS) is 16.4. The molecule has 4 aromatic rings. The molecular formula is C49H58O6. The Balaban J connectivity index is 0.946. The van der Waals surface area contributed by atoms with E-state index in [9.17, 15) is 9.59 Å². The zero-order valence-electron chi connectivity index (χ0n) is 33.2. The van der Waals surface area contributed by atoms with Gasteiger partial charge in [-0.15, -0.1) is 0 Å². The minimum absolute atomic E-state index is 0.376. The van der Waals surface area contributed by atoms with Crippen molar-refractivity contribution in [1.29, 1.82) is 0 Å². The van der Waals surface area contributed by atoms with Crippen molar-refractivity contribution < 1.29 is 28.5 Å². The number of ether oxygens (including phenoxy) is 4. The maximum atomic E-state index is 11.8. The third-order valence-corrected chi connectivity index (χ3v) is 11.1. The first-order valence-corrected chi connectivity index (χ1v) is 20.0. The molecule has 0 radical (unpaired) electrons. The zero-order chi connectivity index (χ0) is 39.2. The van der Waals surface area contributed by atoms with Gasteiger partial charge >= 0.3 is 11.9 Å². The van der Waals surface area contributed by atoms with Gasteiger partial charge < -0.3 is 18.9 Å². The van der Waals surface area contributed by atoms with E-state index < -0.39 is 11.9 Å². The van der Waals surface area contributed by atoms with Gasteiger partial charge in [-0.2, -0.15) is 0 Å². The lowest BCUT2D eigenvalue weighted by Gasteiger charge is -2.30.